The summed E-state index contributed by atoms with van der Waals surface area (Å²) in [6.45, 7) is 0.421. The van der Waals surface area contributed by atoms with Crippen LogP contribution in [0.3, 0.4) is 0 Å². The number of methoxy groups -OCH3 is 1. The highest BCUT2D eigenvalue weighted by Gasteiger charge is 2.05. The lowest BCUT2D eigenvalue weighted by Crippen LogP contribution is -2.04. The Hall–Kier alpha value is -2.41. The topological polar surface area (TPSA) is 86.5 Å². The van der Waals surface area contributed by atoms with Gasteiger partial charge in [0.25, 0.3) is 0 Å². The lowest BCUT2D eigenvalue weighted by molar-refractivity contribution is -0.137. The number of carbonyl (C=O) groups is 1. The van der Waals surface area contributed by atoms with Crippen LogP contribution in [0.1, 0.15) is 6.42 Å². The molecule has 7 nitrogen and oxygen atoms in total. The molecule has 0 aliphatic rings. The van der Waals surface area contributed by atoms with Gasteiger partial charge in [0.1, 0.15) is 11.4 Å². The van der Waals surface area contributed by atoms with Crippen molar-refractivity contribution in [3.63, 3.8) is 0 Å². The molecule has 0 bridgehead atoms. The van der Waals surface area contributed by atoms with Crippen molar-refractivity contribution in [2.24, 2.45) is 0 Å². The van der Waals surface area contributed by atoms with Crippen LogP contribution in [0.15, 0.2) is 30.5 Å². The van der Waals surface area contributed by atoms with E-state index in [-0.39, 0.29) is 19.8 Å². The third-order valence-corrected chi connectivity index (χ3v) is 2.50. The number of hydrogen-bond acceptors (Lipinski definition) is 5. The van der Waals surface area contributed by atoms with Crippen molar-refractivity contribution in [3.8, 4) is 17.0 Å². The summed E-state index contributed by atoms with van der Waals surface area (Å²) in [7, 11) is 1.57. The summed E-state index contributed by atoms with van der Waals surface area (Å²) in [4.78, 5) is 11.9. The van der Waals surface area contributed by atoms with E-state index < -0.39 is 5.97 Å². The molecule has 0 fully saturated rings. The first-order valence-corrected chi connectivity index (χ1v) is 6.03. The van der Waals surface area contributed by atoms with Gasteiger partial charge in [0.2, 0.25) is 0 Å². The fourth-order valence-electron chi connectivity index (χ4n) is 1.61. The molecule has 7 heteroatoms. The zero-order valence-corrected chi connectivity index (χ0v) is 11.0. The van der Waals surface area contributed by atoms with Crippen LogP contribution in [0.2, 0.25) is 0 Å². The second kappa shape index (κ2) is 6.67. The van der Waals surface area contributed by atoms with E-state index in [4.69, 9.17) is 14.6 Å². The lowest BCUT2D eigenvalue weighted by atomic mass is 10.1. The Bertz CT molecular complexity index is 583. The molecule has 1 heterocycles. The molecular weight excluding hydrogens is 262 g/mol. The van der Waals surface area contributed by atoms with Crippen molar-refractivity contribution in [3.05, 3.63) is 30.5 Å². The second-order valence-electron chi connectivity index (χ2n) is 4.04. The van der Waals surface area contributed by atoms with Crippen LogP contribution in [0, 0.1) is 0 Å². The first kappa shape index (κ1) is 14.0. The molecule has 0 amide bonds. The summed E-state index contributed by atoms with van der Waals surface area (Å²) in [5.41, 5.74) is 1.55. The number of rotatable bonds is 7. The van der Waals surface area contributed by atoms with E-state index in [2.05, 4.69) is 10.2 Å². The first-order chi connectivity index (χ1) is 9.69. The first-order valence-electron chi connectivity index (χ1n) is 6.03. The summed E-state index contributed by atoms with van der Waals surface area (Å²) < 4.78 is 10.3. The molecule has 0 spiro atoms. The molecule has 0 unspecified atom stereocenters. The predicted octanol–water partition coefficient (Wildman–Crippen LogP) is 1.40. The zero-order chi connectivity index (χ0) is 14.4. The monoisotopic (exact) mass is 277 g/mol. The summed E-state index contributed by atoms with van der Waals surface area (Å²) in [5, 5.41) is 16.9. The van der Waals surface area contributed by atoms with Crippen LogP contribution < -0.4 is 4.74 Å². The van der Waals surface area contributed by atoms with Gasteiger partial charge in [0, 0.05) is 12.7 Å². The molecule has 0 radical (unpaired) electrons. The number of nitrogens with zero attached hydrogens (tertiary/aromatic N) is 3. The van der Waals surface area contributed by atoms with E-state index in [0.717, 1.165) is 5.56 Å². The van der Waals surface area contributed by atoms with Gasteiger partial charge >= 0.3 is 5.97 Å². The average molecular weight is 277 g/mol. The lowest BCUT2D eigenvalue weighted by Gasteiger charge is -2.05. The van der Waals surface area contributed by atoms with Crippen LogP contribution in [0.5, 0.6) is 5.75 Å². The maximum Gasteiger partial charge on any atom is 0.306 e. The molecule has 2 aromatic rings. The molecule has 106 valence electrons. The van der Waals surface area contributed by atoms with Crippen molar-refractivity contribution in [2.75, 3.05) is 13.7 Å². The fraction of sp³-hybridized carbons (Fsp3) is 0.308. The van der Waals surface area contributed by atoms with Gasteiger partial charge in [-0.2, -0.15) is 15.0 Å². The molecule has 2 rings (SSSR count). The standard InChI is InChI=1S/C13H15N3O4/c1-19-9-16-14-8-12(15-16)10-3-2-4-11(7-10)20-6-5-13(17)18/h2-4,7-8H,5-6,9H2,1H3,(H,17,18). The molecule has 0 saturated heterocycles. The molecule has 1 aromatic carbocycles. The van der Waals surface area contributed by atoms with Gasteiger partial charge in [-0.25, -0.2) is 0 Å². The number of carboxylic acids is 1. The Kier molecular flexibility index (Phi) is 4.67. The van der Waals surface area contributed by atoms with E-state index in [1.807, 2.05) is 12.1 Å². The summed E-state index contributed by atoms with van der Waals surface area (Å²) in [5.74, 6) is -0.284. The minimum Gasteiger partial charge on any atom is -0.493 e. The van der Waals surface area contributed by atoms with Gasteiger partial charge in [0.15, 0.2) is 6.73 Å². The van der Waals surface area contributed by atoms with E-state index in [9.17, 15) is 4.79 Å². The molecular formula is C13H15N3O4. The van der Waals surface area contributed by atoms with Gasteiger partial charge in [0.05, 0.1) is 19.2 Å². The Morgan fingerprint density at radius 1 is 1.45 bits per heavy atom. The third-order valence-electron chi connectivity index (χ3n) is 2.50. The Labute approximate surface area is 115 Å². The number of aliphatic carboxylic acids is 1. The number of carboxylic acid groups (broad SMARTS) is 1. The maximum absolute atomic E-state index is 10.4. The molecule has 20 heavy (non-hydrogen) atoms. The highest BCUT2D eigenvalue weighted by atomic mass is 16.5. The Balaban J connectivity index is 2.06. The van der Waals surface area contributed by atoms with E-state index in [1.54, 1.807) is 25.4 Å². The summed E-state index contributed by atoms with van der Waals surface area (Å²) in [6, 6.07) is 7.26. The van der Waals surface area contributed by atoms with Crippen LogP contribution in [0.25, 0.3) is 11.3 Å². The van der Waals surface area contributed by atoms with Crippen molar-refractivity contribution >= 4 is 5.97 Å². The molecule has 0 aliphatic carbocycles. The minimum absolute atomic E-state index is 0.0335. The van der Waals surface area contributed by atoms with Crippen molar-refractivity contribution in [1.82, 2.24) is 15.0 Å². The molecule has 0 atom stereocenters. The van der Waals surface area contributed by atoms with Crippen molar-refractivity contribution in [1.29, 1.82) is 0 Å². The van der Waals surface area contributed by atoms with Gasteiger partial charge in [-0.05, 0) is 12.1 Å². The van der Waals surface area contributed by atoms with Crippen molar-refractivity contribution < 1.29 is 19.4 Å². The minimum atomic E-state index is -0.885. The normalized spacial score (nSPS) is 10.4. The van der Waals surface area contributed by atoms with Crippen LogP contribution in [-0.2, 0) is 16.3 Å². The maximum atomic E-state index is 10.4. The molecule has 0 saturated carbocycles. The Morgan fingerprint density at radius 2 is 2.30 bits per heavy atom. The molecule has 1 aromatic heterocycles. The van der Waals surface area contributed by atoms with E-state index >= 15 is 0 Å². The van der Waals surface area contributed by atoms with Gasteiger partial charge in [-0.1, -0.05) is 12.1 Å². The zero-order valence-electron chi connectivity index (χ0n) is 11.0. The SMILES string of the molecule is COCn1ncc(-c2cccc(OCCC(=O)O)c2)n1. The highest BCUT2D eigenvalue weighted by Crippen LogP contribution is 2.21. The fourth-order valence-corrected chi connectivity index (χ4v) is 1.61. The number of benzene rings is 1. The third kappa shape index (κ3) is 3.79. The van der Waals surface area contributed by atoms with Crippen LogP contribution in [-0.4, -0.2) is 39.8 Å². The smallest absolute Gasteiger partial charge is 0.306 e. The second-order valence-corrected chi connectivity index (χ2v) is 4.04. The van der Waals surface area contributed by atoms with Gasteiger partial charge < -0.3 is 14.6 Å². The molecule has 1 N–H and O–H groups in total. The number of hydrogen-bond donors (Lipinski definition) is 1. The van der Waals surface area contributed by atoms with Crippen LogP contribution in [0.4, 0.5) is 0 Å². The van der Waals surface area contributed by atoms with E-state index in [0.29, 0.717) is 11.4 Å². The van der Waals surface area contributed by atoms with Gasteiger partial charge in [-0.3, -0.25) is 4.79 Å². The number of ether oxygens (including phenoxy) is 2. The molecule has 0 aliphatic heterocycles. The summed E-state index contributed by atoms with van der Waals surface area (Å²) >= 11 is 0. The quantitative estimate of drug-likeness (QED) is 0.823. The predicted molar refractivity (Wildman–Crippen MR) is 70.2 cm³/mol. The highest BCUT2D eigenvalue weighted by molar-refractivity contribution is 5.66. The largest absolute Gasteiger partial charge is 0.493 e. The van der Waals surface area contributed by atoms with E-state index in [1.165, 1.54) is 4.80 Å². The van der Waals surface area contributed by atoms with Crippen LogP contribution >= 0.6 is 0 Å². The van der Waals surface area contributed by atoms with Gasteiger partial charge in [-0.15, -0.1) is 0 Å². The van der Waals surface area contributed by atoms with Crippen molar-refractivity contribution in [2.45, 2.75) is 13.2 Å². The Morgan fingerprint density at radius 3 is 3.05 bits per heavy atom. The number of aromatic nitrogens is 3. The summed E-state index contributed by atoms with van der Waals surface area (Å²) in [6.07, 6.45) is 1.60. The average Bonchev–Trinajstić information content (AvgIpc) is 2.88.